The predicted octanol–water partition coefficient (Wildman–Crippen LogP) is 3.40. The Morgan fingerprint density at radius 3 is 2.62 bits per heavy atom. The van der Waals surface area contributed by atoms with E-state index >= 15 is 0 Å². The standard InChI is InChI=1S/C19H16ClFN2O4S2/c1-27-13-5-2-11(3-6-13)18(24)22-19-23(12-4-7-15(21)14(20)8-12)16-9-29(25,26)10-17(16)28-19/h2-8,16-17H,9-10H2,1H3/t16-,17-/m0/s1. The van der Waals surface area contributed by atoms with Gasteiger partial charge >= 0.3 is 0 Å². The lowest BCUT2D eigenvalue weighted by atomic mass is 10.2. The molecule has 0 N–H and O–H groups in total. The van der Waals surface area contributed by atoms with E-state index in [1.165, 1.54) is 37.1 Å². The number of sulfone groups is 1. The molecular formula is C19H16ClFN2O4S2. The topological polar surface area (TPSA) is 76.0 Å². The second-order valence-corrected chi connectivity index (χ2v) is 10.5. The lowest BCUT2D eigenvalue weighted by Gasteiger charge is -2.24. The monoisotopic (exact) mass is 454 g/mol. The third-order valence-corrected chi connectivity index (χ3v) is 8.28. The van der Waals surface area contributed by atoms with Crippen LogP contribution in [0.4, 0.5) is 10.1 Å². The van der Waals surface area contributed by atoms with Crippen LogP contribution in [-0.4, -0.2) is 49.4 Å². The number of ether oxygens (including phenoxy) is 1. The van der Waals surface area contributed by atoms with Gasteiger partial charge in [-0.1, -0.05) is 23.4 Å². The number of hydrogen-bond donors (Lipinski definition) is 0. The Morgan fingerprint density at radius 1 is 1.24 bits per heavy atom. The zero-order valence-electron chi connectivity index (χ0n) is 15.2. The van der Waals surface area contributed by atoms with Crippen LogP contribution in [0, 0.1) is 5.82 Å². The molecule has 6 nitrogen and oxygen atoms in total. The van der Waals surface area contributed by atoms with Crippen LogP contribution in [-0.2, 0) is 9.84 Å². The van der Waals surface area contributed by atoms with Gasteiger partial charge in [-0.05, 0) is 42.5 Å². The van der Waals surface area contributed by atoms with Gasteiger partial charge in [0, 0.05) is 16.5 Å². The number of amidine groups is 1. The Kier molecular flexibility index (Phi) is 5.30. The Balaban J connectivity index is 1.71. The highest BCUT2D eigenvalue weighted by molar-refractivity contribution is 8.16. The van der Waals surface area contributed by atoms with E-state index in [-0.39, 0.29) is 21.8 Å². The van der Waals surface area contributed by atoms with Crippen molar-refractivity contribution in [1.82, 2.24) is 0 Å². The first-order valence-corrected chi connectivity index (χ1v) is 11.7. The summed E-state index contributed by atoms with van der Waals surface area (Å²) in [6.07, 6.45) is 0. The van der Waals surface area contributed by atoms with Crippen molar-refractivity contribution in [2.24, 2.45) is 4.99 Å². The van der Waals surface area contributed by atoms with Gasteiger partial charge < -0.3 is 9.64 Å². The van der Waals surface area contributed by atoms with Gasteiger partial charge in [0.15, 0.2) is 15.0 Å². The number of fused-ring (bicyclic) bond motifs is 1. The molecule has 2 aromatic rings. The average molecular weight is 455 g/mol. The molecule has 152 valence electrons. The molecule has 0 bridgehead atoms. The normalized spacial score (nSPS) is 24.0. The van der Waals surface area contributed by atoms with E-state index in [4.69, 9.17) is 16.3 Å². The summed E-state index contributed by atoms with van der Waals surface area (Å²) in [6, 6.07) is 10.3. The minimum atomic E-state index is -3.20. The average Bonchev–Trinajstić information content (AvgIpc) is 3.15. The molecule has 0 spiro atoms. The quantitative estimate of drug-likeness (QED) is 0.707. The van der Waals surface area contributed by atoms with Crippen LogP contribution in [0.1, 0.15) is 10.4 Å². The summed E-state index contributed by atoms with van der Waals surface area (Å²) >= 11 is 7.17. The van der Waals surface area contributed by atoms with Crippen molar-refractivity contribution in [3.05, 3.63) is 58.9 Å². The van der Waals surface area contributed by atoms with Crippen molar-refractivity contribution in [3.8, 4) is 5.75 Å². The third-order valence-electron chi connectivity index (χ3n) is 4.78. The first-order chi connectivity index (χ1) is 13.8. The molecule has 0 saturated carbocycles. The number of halogens is 2. The predicted molar refractivity (Wildman–Crippen MR) is 112 cm³/mol. The maximum Gasteiger partial charge on any atom is 0.279 e. The van der Waals surface area contributed by atoms with E-state index in [9.17, 15) is 17.6 Å². The molecule has 4 rings (SSSR count). The number of hydrogen-bond acceptors (Lipinski definition) is 5. The molecule has 2 heterocycles. The molecule has 2 aliphatic heterocycles. The fourth-order valence-electron chi connectivity index (χ4n) is 3.39. The minimum absolute atomic E-state index is 0.00348. The van der Waals surface area contributed by atoms with Crippen molar-refractivity contribution >= 4 is 50.0 Å². The van der Waals surface area contributed by atoms with E-state index in [2.05, 4.69) is 4.99 Å². The highest BCUT2D eigenvalue weighted by Crippen LogP contribution is 2.41. The van der Waals surface area contributed by atoms with Crippen LogP contribution in [0.3, 0.4) is 0 Å². The Labute approximate surface area is 176 Å². The first-order valence-electron chi connectivity index (χ1n) is 8.66. The van der Waals surface area contributed by atoms with Gasteiger partial charge in [-0.3, -0.25) is 4.79 Å². The van der Waals surface area contributed by atoms with Crippen molar-refractivity contribution in [1.29, 1.82) is 0 Å². The molecule has 2 atom stereocenters. The molecular weight excluding hydrogens is 439 g/mol. The zero-order valence-corrected chi connectivity index (χ0v) is 17.6. The van der Waals surface area contributed by atoms with Crippen molar-refractivity contribution in [2.75, 3.05) is 23.5 Å². The maximum atomic E-state index is 13.6. The van der Waals surface area contributed by atoms with Crippen molar-refractivity contribution < 1.29 is 22.3 Å². The van der Waals surface area contributed by atoms with Gasteiger partial charge in [-0.15, -0.1) is 0 Å². The van der Waals surface area contributed by atoms with E-state index in [0.717, 1.165) is 0 Å². The van der Waals surface area contributed by atoms with E-state index in [1.54, 1.807) is 29.2 Å². The van der Waals surface area contributed by atoms with Gasteiger partial charge in [-0.25, -0.2) is 12.8 Å². The number of anilines is 1. The fraction of sp³-hybridized carbons (Fsp3) is 0.263. The van der Waals surface area contributed by atoms with Gasteiger partial charge in [0.25, 0.3) is 5.91 Å². The molecule has 2 fully saturated rings. The fourth-order valence-corrected chi connectivity index (χ4v) is 7.47. The number of amides is 1. The van der Waals surface area contributed by atoms with Crippen LogP contribution in [0.25, 0.3) is 0 Å². The smallest absolute Gasteiger partial charge is 0.279 e. The Morgan fingerprint density at radius 2 is 1.97 bits per heavy atom. The van der Waals surface area contributed by atoms with Crippen LogP contribution in [0.15, 0.2) is 47.5 Å². The number of carbonyl (C=O) groups is 1. The summed E-state index contributed by atoms with van der Waals surface area (Å²) in [4.78, 5) is 18.6. The van der Waals surface area contributed by atoms with Gasteiger partial charge in [-0.2, -0.15) is 4.99 Å². The van der Waals surface area contributed by atoms with Gasteiger partial charge in [0.05, 0.1) is 29.7 Å². The second kappa shape index (κ2) is 7.62. The van der Waals surface area contributed by atoms with Crippen molar-refractivity contribution in [3.63, 3.8) is 0 Å². The largest absolute Gasteiger partial charge is 0.497 e. The van der Waals surface area contributed by atoms with Crippen LogP contribution < -0.4 is 9.64 Å². The SMILES string of the molecule is COc1ccc(C(=O)N=C2S[C@H]3CS(=O)(=O)C[C@@H]3N2c2ccc(F)c(Cl)c2)cc1. The molecule has 0 aromatic heterocycles. The number of benzene rings is 2. The number of nitrogens with zero attached hydrogens (tertiary/aromatic N) is 2. The number of methoxy groups -OCH3 is 1. The molecule has 0 aliphatic carbocycles. The first kappa shape index (κ1) is 20.2. The molecule has 0 radical (unpaired) electrons. The molecule has 0 unspecified atom stereocenters. The van der Waals surface area contributed by atoms with Crippen LogP contribution in [0.5, 0.6) is 5.75 Å². The second-order valence-electron chi connectivity index (χ2n) is 6.70. The van der Waals surface area contributed by atoms with Gasteiger partial charge in [0.2, 0.25) is 0 Å². The number of aliphatic imine (C=N–C) groups is 1. The molecule has 2 aromatic carbocycles. The minimum Gasteiger partial charge on any atom is -0.497 e. The third kappa shape index (κ3) is 3.99. The van der Waals surface area contributed by atoms with E-state index < -0.39 is 27.6 Å². The number of carbonyl (C=O) groups excluding carboxylic acids is 1. The zero-order chi connectivity index (χ0) is 20.8. The van der Waals surface area contributed by atoms with Crippen LogP contribution >= 0.6 is 23.4 Å². The Bertz CT molecular complexity index is 1110. The summed E-state index contributed by atoms with van der Waals surface area (Å²) in [7, 11) is -1.67. The molecule has 2 saturated heterocycles. The summed E-state index contributed by atoms with van der Waals surface area (Å²) in [5.74, 6) is -0.479. The summed E-state index contributed by atoms with van der Waals surface area (Å²) in [5.41, 5.74) is 0.871. The Hall–Kier alpha value is -2.10. The highest BCUT2D eigenvalue weighted by Gasteiger charge is 2.49. The molecule has 10 heteroatoms. The van der Waals surface area contributed by atoms with E-state index in [0.29, 0.717) is 22.2 Å². The summed E-state index contributed by atoms with van der Waals surface area (Å²) < 4.78 is 42.9. The highest BCUT2D eigenvalue weighted by atomic mass is 35.5. The summed E-state index contributed by atoms with van der Waals surface area (Å²) in [6.45, 7) is 0. The van der Waals surface area contributed by atoms with Crippen molar-refractivity contribution in [2.45, 2.75) is 11.3 Å². The lowest BCUT2D eigenvalue weighted by Crippen LogP contribution is -2.37. The van der Waals surface area contributed by atoms with E-state index in [1.807, 2.05) is 0 Å². The summed E-state index contributed by atoms with van der Waals surface area (Å²) in [5, 5.41) is 0.0299. The lowest BCUT2D eigenvalue weighted by molar-refractivity contribution is 0.100. The van der Waals surface area contributed by atoms with Crippen LogP contribution in [0.2, 0.25) is 5.02 Å². The number of thioether (sulfide) groups is 1. The molecule has 1 amide bonds. The number of rotatable bonds is 3. The van der Waals surface area contributed by atoms with Gasteiger partial charge in [0.1, 0.15) is 11.6 Å². The molecule has 2 aliphatic rings. The maximum absolute atomic E-state index is 13.6. The molecule has 29 heavy (non-hydrogen) atoms.